The molecule has 0 aliphatic heterocycles. The highest BCUT2D eigenvalue weighted by molar-refractivity contribution is 6.06. The van der Waals surface area contributed by atoms with Crippen LogP contribution in [-0.4, -0.2) is 50.8 Å². The van der Waals surface area contributed by atoms with Crippen LogP contribution in [0.25, 0.3) is 22.2 Å². The van der Waals surface area contributed by atoms with Crippen LogP contribution in [0.5, 0.6) is 0 Å². The van der Waals surface area contributed by atoms with Gasteiger partial charge in [-0.05, 0) is 55.5 Å². The smallest absolute Gasteiger partial charge is 0.323 e. The number of fused-ring (bicyclic) bond motifs is 1. The molecule has 0 fully saturated rings. The first kappa shape index (κ1) is 25.0. The van der Waals surface area contributed by atoms with Crippen molar-refractivity contribution in [2.45, 2.75) is 6.92 Å². The molecule has 2 heterocycles. The molecule has 0 aliphatic carbocycles. The predicted octanol–water partition coefficient (Wildman–Crippen LogP) is 2.85. The maximum Gasteiger partial charge on any atom is 0.323 e. The van der Waals surface area contributed by atoms with E-state index in [1.165, 1.54) is 4.90 Å². The van der Waals surface area contributed by atoms with Crippen molar-refractivity contribution >= 4 is 28.7 Å². The number of nitrogen functional groups attached to an aromatic ring is 1. The maximum absolute atomic E-state index is 12.5. The molecule has 9 heteroatoms. The van der Waals surface area contributed by atoms with E-state index in [0.717, 1.165) is 11.1 Å². The Balaban J connectivity index is 1.53. The molecule has 2 aromatic heterocycles. The first-order valence-corrected chi connectivity index (χ1v) is 11.4. The molecular formula is C28H23N5O4. The summed E-state index contributed by atoms with van der Waals surface area (Å²) in [7, 11) is 0. The van der Waals surface area contributed by atoms with Gasteiger partial charge in [0.15, 0.2) is 0 Å². The molecule has 2 amide bonds. The number of likely N-dealkylation sites (N-methyl/N-ethyl adjacent to an activating group) is 1. The summed E-state index contributed by atoms with van der Waals surface area (Å²) < 4.78 is 0. The number of amides is 2. The van der Waals surface area contributed by atoms with Crippen molar-refractivity contribution in [1.29, 1.82) is 0 Å². The highest BCUT2D eigenvalue weighted by Crippen LogP contribution is 2.24. The molecule has 9 nitrogen and oxygen atoms in total. The highest BCUT2D eigenvalue weighted by atomic mass is 16.4. The van der Waals surface area contributed by atoms with Gasteiger partial charge in [-0.3, -0.25) is 24.8 Å². The average Bonchev–Trinajstić information content (AvgIpc) is 2.93. The van der Waals surface area contributed by atoms with E-state index < -0.39 is 11.9 Å². The second-order valence-electron chi connectivity index (χ2n) is 8.04. The molecule has 0 aliphatic rings. The Morgan fingerprint density at radius 3 is 2.24 bits per heavy atom. The summed E-state index contributed by atoms with van der Waals surface area (Å²) in [5, 5.41) is 9.57. The van der Waals surface area contributed by atoms with Gasteiger partial charge in [-0.1, -0.05) is 24.0 Å². The predicted molar refractivity (Wildman–Crippen MR) is 138 cm³/mol. The second kappa shape index (κ2) is 11.1. The summed E-state index contributed by atoms with van der Waals surface area (Å²) in [6, 6.07) is 17.6. The van der Waals surface area contributed by atoms with Gasteiger partial charge in [-0.25, -0.2) is 10.8 Å². The van der Waals surface area contributed by atoms with Crippen molar-refractivity contribution in [2.24, 2.45) is 5.84 Å². The van der Waals surface area contributed by atoms with Crippen LogP contribution in [0.3, 0.4) is 0 Å². The molecule has 0 atom stereocenters. The monoisotopic (exact) mass is 493 g/mol. The quantitative estimate of drug-likeness (QED) is 0.162. The summed E-state index contributed by atoms with van der Waals surface area (Å²) in [5.74, 6) is 9.66. The van der Waals surface area contributed by atoms with E-state index in [1.807, 2.05) is 24.3 Å². The molecule has 4 aromatic rings. The lowest BCUT2D eigenvalue weighted by Crippen LogP contribution is -2.35. The van der Waals surface area contributed by atoms with Gasteiger partial charge in [0.25, 0.3) is 11.8 Å². The summed E-state index contributed by atoms with van der Waals surface area (Å²) >= 11 is 0. The number of carboxylic acid groups (broad SMARTS) is 1. The summed E-state index contributed by atoms with van der Waals surface area (Å²) in [4.78, 5) is 45.7. The molecule has 0 bridgehead atoms. The van der Waals surface area contributed by atoms with Crippen LogP contribution < -0.4 is 11.3 Å². The fourth-order valence-electron chi connectivity index (χ4n) is 3.72. The van der Waals surface area contributed by atoms with Crippen LogP contribution in [-0.2, 0) is 4.79 Å². The van der Waals surface area contributed by atoms with Crippen LogP contribution in [0.15, 0.2) is 73.1 Å². The molecule has 0 unspecified atom stereocenters. The Hall–Kier alpha value is -5.07. The second-order valence-corrected chi connectivity index (χ2v) is 8.04. The third-order valence-corrected chi connectivity index (χ3v) is 5.64. The van der Waals surface area contributed by atoms with Crippen molar-refractivity contribution in [3.8, 4) is 23.1 Å². The minimum atomic E-state index is -1.06. The summed E-state index contributed by atoms with van der Waals surface area (Å²) in [6.45, 7) is 1.69. The van der Waals surface area contributed by atoms with E-state index in [0.29, 0.717) is 39.8 Å². The Morgan fingerprint density at radius 1 is 1.00 bits per heavy atom. The lowest BCUT2D eigenvalue weighted by Gasteiger charge is -2.18. The number of aromatic nitrogens is 2. The van der Waals surface area contributed by atoms with Gasteiger partial charge in [-0.2, -0.15) is 0 Å². The van der Waals surface area contributed by atoms with Gasteiger partial charge in [0, 0.05) is 46.6 Å². The maximum atomic E-state index is 12.5. The zero-order valence-corrected chi connectivity index (χ0v) is 19.9. The molecule has 4 rings (SSSR count). The number of benzene rings is 2. The largest absolute Gasteiger partial charge is 0.480 e. The van der Waals surface area contributed by atoms with Crippen molar-refractivity contribution < 1.29 is 19.5 Å². The molecule has 0 radical (unpaired) electrons. The van der Waals surface area contributed by atoms with Gasteiger partial charge in [-0.15, -0.1) is 0 Å². The number of carbonyl (C=O) groups is 3. The van der Waals surface area contributed by atoms with Crippen LogP contribution in [0.1, 0.15) is 38.8 Å². The third kappa shape index (κ3) is 5.78. The van der Waals surface area contributed by atoms with Crippen LogP contribution in [0.4, 0.5) is 0 Å². The molecule has 0 saturated carbocycles. The fourth-order valence-corrected chi connectivity index (χ4v) is 3.72. The van der Waals surface area contributed by atoms with Gasteiger partial charge in [0.05, 0.1) is 16.8 Å². The van der Waals surface area contributed by atoms with E-state index in [1.54, 1.807) is 55.7 Å². The Labute approximate surface area is 212 Å². The third-order valence-electron chi connectivity index (χ3n) is 5.64. The number of carbonyl (C=O) groups excluding carboxylic acids is 2. The number of hydrazine groups is 1. The number of hydrogen-bond acceptors (Lipinski definition) is 6. The number of pyridine rings is 2. The van der Waals surface area contributed by atoms with E-state index >= 15 is 0 Å². The van der Waals surface area contributed by atoms with Gasteiger partial charge in [0.2, 0.25) is 0 Å². The topological polar surface area (TPSA) is 139 Å². The molecular weight excluding hydrogens is 470 g/mol. The minimum absolute atomic E-state index is 0.302. The highest BCUT2D eigenvalue weighted by Gasteiger charge is 2.16. The standard InChI is InChI=1S/C28H23N5O4/c1-2-33(17-26(34)35)28(37)21-11-7-19(8-12-21)4-3-18-5-9-20(10-6-18)25-15-22(27(36)32-29)23-16-30-14-13-24(23)31-25/h5-16H,2,17,29H2,1H3,(H,32,36)(H,34,35). The van der Waals surface area contributed by atoms with E-state index in [9.17, 15) is 14.4 Å². The van der Waals surface area contributed by atoms with Crippen LogP contribution >= 0.6 is 0 Å². The van der Waals surface area contributed by atoms with Crippen LogP contribution in [0, 0.1) is 11.8 Å². The fraction of sp³-hybridized carbons (Fsp3) is 0.107. The Bertz CT molecular complexity index is 1540. The SMILES string of the molecule is CCN(CC(=O)O)C(=O)c1ccc(C#Cc2ccc(-c3cc(C(=O)NN)c4cnccc4n3)cc2)cc1. The van der Waals surface area contributed by atoms with Crippen molar-refractivity contribution in [1.82, 2.24) is 20.3 Å². The molecule has 0 spiro atoms. The minimum Gasteiger partial charge on any atom is -0.480 e. The number of aliphatic carboxylic acids is 1. The van der Waals surface area contributed by atoms with E-state index in [4.69, 9.17) is 10.9 Å². The number of carboxylic acids is 1. The molecule has 37 heavy (non-hydrogen) atoms. The summed E-state index contributed by atoms with van der Waals surface area (Å²) in [5.41, 5.74) is 6.47. The normalized spacial score (nSPS) is 10.3. The Morgan fingerprint density at radius 2 is 1.65 bits per heavy atom. The molecule has 2 aromatic carbocycles. The lowest BCUT2D eigenvalue weighted by atomic mass is 10.0. The van der Waals surface area contributed by atoms with E-state index in [2.05, 4.69) is 27.2 Å². The van der Waals surface area contributed by atoms with Gasteiger partial charge < -0.3 is 10.0 Å². The zero-order valence-electron chi connectivity index (χ0n) is 19.9. The lowest BCUT2D eigenvalue weighted by molar-refractivity contribution is -0.137. The van der Waals surface area contributed by atoms with Crippen molar-refractivity contribution in [2.75, 3.05) is 13.1 Å². The summed E-state index contributed by atoms with van der Waals surface area (Å²) in [6.07, 6.45) is 3.19. The number of nitrogens with zero attached hydrogens (tertiary/aromatic N) is 3. The number of rotatable bonds is 6. The van der Waals surface area contributed by atoms with Gasteiger partial charge in [0.1, 0.15) is 6.54 Å². The Kier molecular flexibility index (Phi) is 7.52. The molecule has 0 saturated heterocycles. The van der Waals surface area contributed by atoms with Crippen LogP contribution in [0.2, 0.25) is 0 Å². The average molecular weight is 494 g/mol. The number of hydrogen-bond donors (Lipinski definition) is 3. The number of nitrogens with two attached hydrogens (primary N) is 1. The van der Waals surface area contributed by atoms with Crippen molar-refractivity contribution in [3.05, 3.63) is 95.3 Å². The first-order chi connectivity index (χ1) is 17.9. The first-order valence-electron chi connectivity index (χ1n) is 11.4. The molecule has 184 valence electrons. The number of nitrogens with one attached hydrogen (secondary N) is 1. The van der Waals surface area contributed by atoms with Gasteiger partial charge >= 0.3 is 5.97 Å². The van der Waals surface area contributed by atoms with E-state index in [-0.39, 0.29) is 12.5 Å². The molecule has 4 N–H and O–H groups in total. The zero-order chi connectivity index (χ0) is 26.4. The van der Waals surface area contributed by atoms with Crippen molar-refractivity contribution in [3.63, 3.8) is 0 Å².